The summed E-state index contributed by atoms with van der Waals surface area (Å²) in [6.07, 6.45) is 7.13. The lowest BCUT2D eigenvalue weighted by Crippen LogP contribution is -2.24. The van der Waals surface area contributed by atoms with Crippen molar-refractivity contribution in [2.24, 2.45) is 0 Å². The standard InChI is InChI=1S/C25H24N4O3S2/c1-33-22-10-4-18(5-11-22)15-27-23(30)17-34-25-26-12-13-29(25)20-8-6-19(7-9-20)24(31)28-16-21-3-2-14-32-21/h2-14H,15-17H2,1H3,(H,27,30)(H,28,31). The number of aromatic nitrogens is 2. The van der Waals surface area contributed by atoms with Crippen LogP contribution >= 0.6 is 23.5 Å². The lowest BCUT2D eigenvalue weighted by Gasteiger charge is -2.09. The van der Waals surface area contributed by atoms with Gasteiger partial charge in [0.05, 0.1) is 18.6 Å². The highest BCUT2D eigenvalue weighted by atomic mass is 32.2. The quantitative estimate of drug-likeness (QED) is 0.316. The highest BCUT2D eigenvalue weighted by Crippen LogP contribution is 2.21. The number of hydrogen-bond acceptors (Lipinski definition) is 6. The molecule has 0 aliphatic heterocycles. The number of benzene rings is 2. The lowest BCUT2D eigenvalue weighted by atomic mass is 10.2. The van der Waals surface area contributed by atoms with Crippen molar-refractivity contribution in [1.82, 2.24) is 20.2 Å². The maximum absolute atomic E-state index is 12.4. The molecule has 0 spiro atoms. The summed E-state index contributed by atoms with van der Waals surface area (Å²) < 4.78 is 7.12. The van der Waals surface area contributed by atoms with Crippen LogP contribution in [0.15, 0.2) is 93.8 Å². The van der Waals surface area contributed by atoms with Gasteiger partial charge in [-0.25, -0.2) is 4.98 Å². The lowest BCUT2D eigenvalue weighted by molar-refractivity contribution is -0.118. The van der Waals surface area contributed by atoms with Crippen molar-refractivity contribution < 1.29 is 14.0 Å². The molecule has 0 bridgehead atoms. The molecular weight excluding hydrogens is 468 g/mol. The van der Waals surface area contributed by atoms with E-state index in [9.17, 15) is 9.59 Å². The van der Waals surface area contributed by atoms with Crippen molar-refractivity contribution in [3.8, 4) is 5.69 Å². The molecule has 2 N–H and O–H groups in total. The Kier molecular flexibility index (Phi) is 8.11. The number of rotatable bonds is 10. The van der Waals surface area contributed by atoms with Crippen molar-refractivity contribution in [3.05, 3.63) is 96.2 Å². The largest absolute Gasteiger partial charge is 0.467 e. The van der Waals surface area contributed by atoms with Crippen LogP contribution in [0.25, 0.3) is 5.69 Å². The first-order valence-electron chi connectivity index (χ1n) is 10.6. The Hall–Kier alpha value is -3.43. The second kappa shape index (κ2) is 11.6. The molecular formula is C25H24N4O3S2. The van der Waals surface area contributed by atoms with E-state index in [1.807, 2.05) is 59.5 Å². The van der Waals surface area contributed by atoms with Gasteiger partial charge in [-0.2, -0.15) is 0 Å². The molecule has 34 heavy (non-hydrogen) atoms. The van der Waals surface area contributed by atoms with E-state index in [0.717, 1.165) is 11.3 Å². The fraction of sp³-hybridized carbons (Fsp3) is 0.160. The van der Waals surface area contributed by atoms with Gasteiger partial charge in [-0.1, -0.05) is 23.9 Å². The predicted octanol–water partition coefficient (Wildman–Crippen LogP) is 4.53. The van der Waals surface area contributed by atoms with Gasteiger partial charge in [0.15, 0.2) is 5.16 Å². The van der Waals surface area contributed by atoms with Gasteiger partial charge in [-0.3, -0.25) is 14.2 Å². The fourth-order valence-corrected chi connectivity index (χ4v) is 4.39. The molecule has 0 unspecified atom stereocenters. The zero-order valence-corrected chi connectivity index (χ0v) is 20.2. The predicted molar refractivity (Wildman–Crippen MR) is 134 cm³/mol. The molecule has 7 nitrogen and oxygen atoms in total. The average Bonchev–Trinajstić information content (AvgIpc) is 3.57. The zero-order valence-electron chi connectivity index (χ0n) is 18.6. The second-order valence-electron chi connectivity index (χ2n) is 7.30. The van der Waals surface area contributed by atoms with Crippen LogP contribution in [0.5, 0.6) is 0 Å². The Labute approximate surface area is 206 Å². The molecule has 0 aliphatic rings. The maximum atomic E-state index is 12.4. The summed E-state index contributed by atoms with van der Waals surface area (Å²) >= 11 is 3.05. The van der Waals surface area contributed by atoms with Gasteiger partial charge in [-0.05, 0) is 60.4 Å². The van der Waals surface area contributed by atoms with Gasteiger partial charge in [0, 0.05) is 35.1 Å². The Morgan fingerprint density at radius 2 is 1.79 bits per heavy atom. The minimum absolute atomic E-state index is 0.0583. The van der Waals surface area contributed by atoms with Gasteiger partial charge < -0.3 is 15.1 Å². The topological polar surface area (TPSA) is 89.2 Å². The molecule has 9 heteroatoms. The summed E-state index contributed by atoms with van der Waals surface area (Å²) in [4.78, 5) is 30.2. The molecule has 0 radical (unpaired) electrons. The van der Waals surface area contributed by atoms with Crippen LogP contribution in [-0.4, -0.2) is 33.4 Å². The number of furan rings is 1. The molecule has 2 heterocycles. The summed E-state index contributed by atoms with van der Waals surface area (Å²) in [6, 6.07) is 19.0. The third kappa shape index (κ3) is 6.33. The third-order valence-corrected chi connectivity index (χ3v) is 6.71. The van der Waals surface area contributed by atoms with Crippen LogP contribution in [0.3, 0.4) is 0 Å². The summed E-state index contributed by atoms with van der Waals surface area (Å²) in [5.41, 5.74) is 2.47. The van der Waals surface area contributed by atoms with Crippen LogP contribution in [0.1, 0.15) is 21.7 Å². The van der Waals surface area contributed by atoms with Crippen molar-refractivity contribution in [1.29, 1.82) is 0 Å². The minimum atomic E-state index is -0.178. The van der Waals surface area contributed by atoms with E-state index in [1.165, 1.54) is 16.7 Å². The number of imidazole rings is 1. The first-order chi connectivity index (χ1) is 16.6. The highest BCUT2D eigenvalue weighted by molar-refractivity contribution is 7.99. The molecule has 0 aliphatic carbocycles. The number of carbonyl (C=O) groups is 2. The van der Waals surface area contributed by atoms with Crippen LogP contribution in [0, 0.1) is 0 Å². The molecule has 174 valence electrons. The van der Waals surface area contributed by atoms with E-state index in [2.05, 4.69) is 15.6 Å². The number of thioether (sulfide) groups is 2. The first kappa shape index (κ1) is 23.7. The van der Waals surface area contributed by atoms with E-state index in [4.69, 9.17) is 4.42 Å². The smallest absolute Gasteiger partial charge is 0.251 e. The summed E-state index contributed by atoms with van der Waals surface area (Å²) in [7, 11) is 0. The molecule has 2 amide bonds. The Bertz CT molecular complexity index is 1220. The molecule has 4 aromatic rings. The Balaban J connectivity index is 1.29. The van der Waals surface area contributed by atoms with Crippen molar-refractivity contribution in [3.63, 3.8) is 0 Å². The molecule has 0 saturated carbocycles. The number of nitrogens with one attached hydrogen (secondary N) is 2. The number of amides is 2. The zero-order chi connectivity index (χ0) is 23.8. The minimum Gasteiger partial charge on any atom is -0.467 e. The van der Waals surface area contributed by atoms with Crippen molar-refractivity contribution in [2.75, 3.05) is 12.0 Å². The van der Waals surface area contributed by atoms with Crippen LogP contribution < -0.4 is 10.6 Å². The molecule has 0 saturated heterocycles. The maximum Gasteiger partial charge on any atom is 0.251 e. The van der Waals surface area contributed by atoms with E-state index in [1.54, 1.807) is 42.4 Å². The number of hydrogen-bond donors (Lipinski definition) is 2. The molecule has 2 aromatic carbocycles. The van der Waals surface area contributed by atoms with E-state index >= 15 is 0 Å². The van der Waals surface area contributed by atoms with Gasteiger partial charge in [0.25, 0.3) is 5.91 Å². The molecule has 2 aromatic heterocycles. The van der Waals surface area contributed by atoms with Gasteiger partial charge in [0.2, 0.25) is 5.91 Å². The van der Waals surface area contributed by atoms with E-state index < -0.39 is 0 Å². The summed E-state index contributed by atoms with van der Waals surface area (Å²) in [6.45, 7) is 0.826. The number of carbonyl (C=O) groups excluding carboxylic acids is 2. The van der Waals surface area contributed by atoms with Crippen LogP contribution in [0.4, 0.5) is 0 Å². The van der Waals surface area contributed by atoms with Crippen LogP contribution in [-0.2, 0) is 17.9 Å². The van der Waals surface area contributed by atoms with Crippen molar-refractivity contribution >= 4 is 35.3 Å². The van der Waals surface area contributed by atoms with E-state index in [-0.39, 0.29) is 17.6 Å². The van der Waals surface area contributed by atoms with Gasteiger partial charge >= 0.3 is 0 Å². The van der Waals surface area contributed by atoms with Gasteiger partial charge in [0.1, 0.15) is 5.76 Å². The third-order valence-electron chi connectivity index (χ3n) is 5.00. The van der Waals surface area contributed by atoms with Gasteiger partial charge in [-0.15, -0.1) is 11.8 Å². The molecule has 4 rings (SSSR count). The van der Waals surface area contributed by atoms with Crippen LogP contribution in [0.2, 0.25) is 0 Å². The summed E-state index contributed by atoms with van der Waals surface area (Å²) in [5, 5.41) is 6.48. The normalized spacial score (nSPS) is 10.7. The molecule has 0 atom stereocenters. The second-order valence-corrected chi connectivity index (χ2v) is 9.12. The van der Waals surface area contributed by atoms with E-state index in [0.29, 0.717) is 29.6 Å². The van der Waals surface area contributed by atoms with Crippen molar-refractivity contribution in [2.45, 2.75) is 23.1 Å². The average molecular weight is 493 g/mol. The monoisotopic (exact) mass is 492 g/mol. The summed E-state index contributed by atoms with van der Waals surface area (Å²) in [5.74, 6) is 0.718. The molecule has 0 fully saturated rings. The first-order valence-corrected chi connectivity index (χ1v) is 12.8. The SMILES string of the molecule is CSc1ccc(CNC(=O)CSc2nccn2-c2ccc(C(=O)NCc3ccco3)cc2)cc1. The Morgan fingerprint density at radius 1 is 1.00 bits per heavy atom. The highest BCUT2D eigenvalue weighted by Gasteiger charge is 2.11. The Morgan fingerprint density at radius 3 is 2.50 bits per heavy atom. The number of nitrogens with zero attached hydrogens (tertiary/aromatic N) is 2. The fourth-order valence-electron chi connectivity index (χ4n) is 3.17.